The van der Waals surface area contributed by atoms with E-state index in [4.69, 9.17) is 23.1 Å². The normalized spacial score (nSPS) is 24.4. The summed E-state index contributed by atoms with van der Waals surface area (Å²) in [7, 11) is 0. The molecule has 0 radical (unpaired) electrons. The number of halogens is 1. The van der Waals surface area contributed by atoms with Crippen LogP contribution in [0.5, 0.6) is 0 Å². The van der Waals surface area contributed by atoms with Crippen molar-refractivity contribution in [2.24, 2.45) is 16.1 Å². The van der Waals surface area contributed by atoms with Crippen LogP contribution < -0.4 is 16.8 Å². The van der Waals surface area contributed by atoms with Crippen LogP contribution in [0.25, 0.3) is 0 Å². The molecule has 1 fully saturated rings. The standard InChI is InChI=1S/C21H24ClN7OS/c22-16-14(3-7-26-18(16)24)31-15-11-27-19(20(30)28-15)29-8-4-21(5-9-29)10-13-12(17(21)23)2-1-6-25-13/h1-3,6-7,11,17,20,28,30H,4-5,8-10,23H2,(H2,24,26)/t17-,20?/m1/s1. The lowest BCUT2D eigenvalue weighted by atomic mass is 9.73. The van der Waals surface area contributed by atoms with Crippen molar-refractivity contribution in [2.45, 2.75) is 36.4 Å². The molecule has 0 saturated carbocycles. The molecule has 6 N–H and O–H groups in total. The smallest absolute Gasteiger partial charge is 0.184 e. The minimum absolute atomic E-state index is 0.00939. The summed E-state index contributed by atoms with van der Waals surface area (Å²) in [6, 6.07) is 5.84. The first-order valence-electron chi connectivity index (χ1n) is 10.2. The van der Waals surface area contributed by atoms with Crippen molar-refractivity contribution in [1.82, 2.24) is 20.2 Å². The highest BCUT2D eigenvalue weighted by Gasteiger charge is 2.47. The van der Waals surface area contributed by atoms with Crippen molar-refractivity contribution in [2.75, 3.05) is 18.8 Å². The van der Waals surface area contributed by atoms with E-state index in [2.05, 4.69) is 31.2 Å². The second kappa shape index (κ2) is 7.98. The number of piperidine rings is 1. The number of nitrogens with two attached hydrogens (primary N) is 2. The molecule has 0 bridgehead atoms. The lowest BCUT2D eigenvalue weighted by Crippen LogP contribution is -2.52. The van der Waals surface area contributed by atoms with Gasteiger partial charge in [0.2, 0.25) is 0 Å². The summed E-state index contributed by atoms with van der Waals surface area (Å²) >= 11 is 7.57. The Kier molecular flexibility index (Phi) is 5.29. The first kappa shape index (κ1) is 20.6. The van der Waals surface area contributed by atoms with Gasteiger partial charge in [-0.05, 0) is 42.4 Å². The van der Waals surface area contributed by atoms with Crippen LogP contribution in [0.2, 0.25) is 5.02 Å². The molecule has 162 valence electrons. The fourth-order valence-corrected chi connectivity index (χ4v) is 5.77. The summed E-state index contributed by atoms with van der Waals surface area (Å²) in [5, 5.41) is 14.9. The van der Waals surface area contributed by atoms with Gasteiger partial charge in [0.15, 0.2) is 12.1 Å². The number of likely N-dealkylation sites (tertiary alicyclic amines) is 1. The van der Waals surface area contributed by atoms with E-state index in [9.17, 15) is 5.11 Å². The number of nitrogens with one attached hydrogen (secondary N) is 1. The summed E-state index contributed by atoms with van der Waals surface area (Å²) < 4.78 is 0. The largest absolute Gasteiger partial charge is 0.382 e. The maximum absolute atomic E-state index is 10.7. The molecule has 1 unspecified atom stereocenters. The topological polar surface area (TPSA) is 126 Å². The van der Waals surface area contributed by atoms with Crippen LogP contribution in [0.3, 0.4) is 0 Å². The Morgan fingerprint density at radius 3 is 2.77 bits per heavy atom. The lowest BCUT2D eigenvalue weighted by Gasteiger charge is -2.44. The number of fused-ring (bicyclic) bond motifs is 1. The lowest BCUT2D eigenvalue weighted by molar-refractivity contribution is 0.113. The molecule has 2 aromatic heterocycles. The molecule has 5 rings (SSSR count). The monoisotopic (exact) mass is 457 g/mol. The van der Waals surface area contributed by atoms with Gasteiger partial charge in [-0.15, -0.1) is 0 Å². The molecule has 31 heavy (non-hydrogen) atoms. The first-order chi connectivity index (χ1) is 15.0. The van der Waals surface area contributed by atoms with E-state index in [0.717, 1.165) is 42.9 Å². The number of aliphatic hydroxyl groups is 1. The van der Waals surface area contributed by atoms with E-state index in [1.54, 1.807) is 18.5 Å². The third-order valence-corrected chi connectivity index (χ3v) is 7.97. The van der Waals surface area contributed by atoms with Gasteiger partial charge < -0.3 is 26.8 Å². The van der Waals surface area contributed by atoms with Gasteiger partial charge in [-0.2, -0.15) is 0 Å². The van der Waals surface area contributed by atoms with Crippen LogP contribution in [0.15, 0.2) is 51.7 Å². The van der Waals surface area contributed by atoms with E-state index >= 15 is 0 Å². The van der Waals surface area contributed by atoms with Gasteiger partial charge in [-0.25, -0.2) is 9.98 Å². The minimum atomic E-state index is -0.893. The predicted molar refractivity (Wildman–Crippen MR) is 122 cm³/mol. The van der Waals surface area contributed by atoms with Gasteiger partial charge in [0, 0.05) is 42.1 Å². The number of aliphatic hydroxyl groups excluding tert-OH is 1. The zero-order valence-electron chi connectivity index (χ0n) is 16.8. The summed E-state index contributed by atoms with van der Waals surface area (Å²) in [5.41, 5.74) is 14.7. The van der Waals surface area contributed by atoms with Crippen molar-refractivity contribution in [3.8, 4) is 0 Å². The molecule has 0 aromatic carbocycles. The van der Waals surface area contributed by atoms with Crippen LogP contribution in [0, 0.1) is 5.41 Å². The van der Waals surface area contributed by atoms with E-state index in [1.165, 1.54) is 17.3 Å². The van der Waals surface area contributed by atoms with Crippen LogP contribution in [0.1, 0.15) is 30.1 Å². The van der Waals surface area contributed by atoms with Crippen molar-refractivity contribution in [3.05, 3.63) is 58.1 Å². The van der Waals surface area contributed by atoms with Gasteiger partial charge in [-0.1, -0.05) is 29.4 Å². The summed E-state index contributed by atoms with van der Waals surface area (Å²) in [6.45, 7) is 1.59. The molecule has 2 aromatic rings. The molecule has 1 saturated heterocycles. The molecule has 8 nitrogen and oxygen atoms in total. The number of anilines is 1. The first-order valence-corrected chi connectivity index (χ1v) is 11.4. The Morgan fingerprint density at radius 2 is 2.03 bits per heavy atom. The number of amidine groups is 1. The molecular formula is C21H24ClN7OS. The van der Waals surface area contributed by atoms with E-state index in [-0.39, 0.29) is 17.3 Å². The number of aliphatic imine (C=N–C) groups is 1. The average Bonchev–Trinajstić information content (AvgIpc) is 3.04. The van der Waals surface area contributed by atoms with Crippen LogP contribution in [0.4, 0.5) is 5.82 Å². The van der Waals surface area contributed by atoms with Gasteiger partial charge in [0.1, 0.15) is 5.82 Å². The number of pyridine rings is 2. The van der Waals surface area contributed by atoms with Crippen LogP contribution in [-0.2, 0) is 6.42 Å². The van der Waals surface area contributed by atoms with Crippen LogP contribution >= 0.6 is 23.4 Å². The SMILES string of the molecule is Nc1nccc(SC2=CN=C(N3CCC4(CC3)Cc3ncccc3[C@H]4N)C(O)N2)c1Cl. The van der Waals surface area contributed by atoms with E-state index < -0.39 is 6.23 Å². The Labute approximate surface area is 189 Å². The molecule has 10 heteroatoms. The highest BCUT2D eigenvalue weighted by atomic mass is 35.5. The number of aromatic nitrogens is 2. The molecule has 1 aliphatic carbocycles. The predicted octanol–water partition coefficient (Wildman–Crippen LogP) is 2.26. The summed E-state index contributed by atoms with van der Waals surface area (Å²) in [4.78, 5) is 15.9. The zero-order chi connectivity index (χ0) is 21.6. The quantitative estimate of drug-likeness (QED) is 0.541. The molecule has 0 amide bonds. The fourth-order valence-electron chi connectivity index (χ4n) is 4.70. The fraction of sp³-hybridized carbons (Fsp3) is 0.381. The molecule has 2 atom stereocenters. The number of nitrogens with zero attached hydrogens (tertiary/aromatic N) is 4. The Hall–Kier alpha value is -2.33. The Bertz CT molecular complexity index is 1070. The third kappa shape index (κ3) is 3.65. The molecule has 3 aliphatic rings. The van der Waals surface area contributed by atoms with Gasteiger partial charge >= 0.3 is 0 Å². The maximum Gasteiger partial charge on any atom is 0.184 e. The van der Waals surface area contributed by atoms with Crippen LogP contribution in [-0.4, -0.2) is 45.1 Å². The molecule has 1 spiro atoms. The maximum atomic E-state index is 10.7. The number of thioether (sulfide) groups is 1. The average molecular weight is 458 g/mol. The van der Waals surface area contributed by atoms with E-state index in [0.29, 0.717) is 15.9 Å². The number of nitrogen functional groups attached to an aromatic ring is 1. The molecule has 2 aliphatic heterocycles. The zero-order valence-corrected chi connectivity index (χ0v) is 18.4. The minimum Gasteiger partial charge on any atom is -0.382 e. The summed E-state index contributed by atoms with van der Waals surface area (Å²) in [6.07, 6.45) is 7.06. The molecule has 4 heterocycles. The van der Waals surface area contributed by atoms with Crippen molar-refractivity contribution >= 4 is 35.0 Å². The van der Waals surface area contributed by atoms with Crippen molar-refractivity contribution in [1.29, 1.82) is 0 Å². The van der Waals surface area contributed by atoms with Gasteiger partial charge in [0.25, 0.3) is 0 Å². The highest BCUT2D eigenvalue weighted by molar-refractivity contribution is 8.03. The van der Waals surface area contributed by atoms with E-state index in [1.807, 2.05) is 12.3 Å². The second-order valence-corrected chi connectivity index (χ2v) is 9.64. The number of rotatable bonds is 2. The number of hydrogen-bond acceptors (Lipinski definition) is 9. The number of hydrogen-bond donors (Lipinski definition) is 4. The Morgan fingerprint density at radius 1 is 1.23 bits per heavy atom. The summed E-state index contributed by atoms with van der Waals surface area (Å²) in [5.74, 6) is 0.902. The molecular weight excluding hydrogens is 434 g/mol. The van der Waals surface area contributed by atoms with Crippen molar-refractivity contribution in [3.63, 3.8) is 0 Å². The van der Waals surface area contributed by atoms with Gasteiger partial charge in [-0.3, -0.25) is 4.98 Å². The van der Waals surface area contributed by atoms with Gasteiger partial charge in [0.05, 0.1) is 16.3 Å². The highest BCUT2D eigenvalue weighted by Crippen LogP contribution is 2.50. The third-order valence-electron chi connectivity index (χ3n) is 6.46. The second-order valence-electron chi connectivity index (χ2n) is 8.18. The Balaban J connectivity index is 1.27. The van der Waals surface area contributed by atoms with Crippen molar-refractivity contribution < 1.29 is 5.11 Å².